The zero-order chi connectivity index (χ0) is 15.4. The first kappa shape index (κ1) is 14.5. The predicted octanol–water partition coefficient (Wildman–Crippen LogP) is 0.700. The Morgan fingerprint density at radius 1 is 1.38 bits per heavy atom. The maximum Gasteiger partial charge on any atom is 0.268 e. The lowest BCUT2D eigenvalue weighted by molar-refractivity contribution is 0.0951. The van der Waals surface area contributed by atoms with Crippen molar-refractivity contribution >= 4 is 11.8 Å². The number of halogens is 1. The number of furan rings is 1. The summed E-state index contributed by atoms with van der Waals surface area (Å²) in [6, 6.07) is 5.29. The number of amides is 2. The Hall–Kier alpha value is -2.87. The van der Waals surface area contributed by atoms with Crippen molar-refractivity contribution < 1.29 is 23.1 Å². The molecular weight excluding hydrogens is 281 g/mol. The highest BCUT2D eigenvalue weighted by atomic mass is 19.1. The van der Waals surface area contributed by atoms with Crippen molar-refractivity contribution in [3.63, 3.8) is 0 Å². The summed E-state index contributed by atoms with van der Waals surface area (Å²) >= 11 is 0. The summed E-state index contributed by atoms with van der Waals surface area (Å²) in [5.74, 6) is 3.04. The Morgan fingerprint density at radius 3 is 2.81 bits per heavy atom. The third kappa shape index (κ3) is 3.18. The molecule has 110 valence electrons. The highest BCUT2D eigenvalue weighted by molar-refractivity contribution is 5.96. The molecule has 0 spiro atoms. The van der Waals surface area contributed by atoms with E-state index in [1.54, 1.807) is 0 Å². The fourth-order valence-electron chi connectivity index (χ4n) is 1.67. The van der Waals surface area contributed by atoms with Crippen LogP contribution in [0.1, 0.15) is 26.5 Å². The van der Waals surface area contributed by atoms with Gasteiger partial charge in [0.2, 0.25) is 0 Å². The Bertz CT molecular complexity index is 684. The first-order valence-corrected chi connectivity index (χ1v) is 5.82. The number of ether oxygens (including phenoxy) is 1. The molecule has 0 atom stereocenters. The van der Waals surface area contributed by atoms with Gasteiger partial charge < -0.3 is 14.9 Å². The number of hydrogen-bond donors (Lipinski definition) is 3. The first-order chi connectivity index (χ1) is 10.0. The minimum Gasteiger partial charge on any atom is -0.485 e. The van der Waals surface area contributed by atoms with Gasteiger partial charge in [0.25, 0.3) is 11.8 Å². The van der Waals surface area contributed by atoms with Gasteiger partial charge in [-0.2, -0.15) is 0 Å². The largest absolute Gasteiger partial charge is 0.485 e. The lowest BCUT2D eigenvalue weighted by Gasteiger charge is -2.08. The van der Waals surface area contributed by atoms with Crippen LogP contribution >= 0.6 is 0 Å². The number of hydrazine groups is 1. The highest BCUT2D eigenvalue weighted by Crippen LogP contribution is 2.22. The smallest absolute Gasteiger partial charge is 0.268 e. The van der Waals surface area contributed by atoms with E-state index in [-0.39, 0.29) is 23.5 Å². The molecule has 0 saturated heterocycles. The molecule has 1 heterocycles. The van der Waals surface area contributed by atoms with E-state index in [1.807, 2.05) is 5.43 Å². The quantitative estimate of drug-likeness (QED) is 0.425. The van der Waals surface area contributed by atoms with E-state index >= 15 is 0 Å². The van der Waals surface area contributed by atoms with E-state index in [0.29, 0.717) is 5.76 Å². The van der Waals surface area contributed by atoms with Crippen molar-refractivity contribution in [2.75, 3.05) is 0 Å². The number of nitrogen functional groups attached to an aromatic ring is 1. The fourth-order valence-corrected chi connectivity index (χ4v) is 1.67. The zero-order valence-corrected chi connectivity index (χ0v) is 10.8. The SMILES string of the molecule is NNC(=O)c1coc(COc2cccc(F)c2C(N)=O)c1. The minimum absolute atomic E-state index is 0.0104. The van der Waals surface area contributed by atoms with Gasteiger partial charge in [0.15, 0.2) is 0 Å². The van der Waals surface area contributed by atoms with E-state index in [4.69, 9.17) is 20.7 Å². The summed E-state index contributed by atoms with van der Waals surface area (Å²) in [5.41, 5.74) is 6.92. The Morgan fingerprint density at radius 2 is 2.14 bits per heavy atom. The minimum atomic E-state index is -0.939. The molecule has 1 aromatic carbocycles. The molecule has 2 amide bonds. The summed E-state index contributed by atoms with van der Waals surface area (Å²) in [7, 11) is 0. The number of primary amides is 1. The summed E-state index contributed by atoms with van der Waals surface area (Å²) in [6.45, 7) is -0.110. The Kier molecular flexibility index (Phi) is 4.19. The number of carbonyl (C=O) groups is 2. The third-order valence-corrected chi connectivity index (χ3v) is 2.64. The molecule has 0 fully saturated rings. The molecule has 0 bridgehead atoms. The molecule has 1 aromatic heterocycles. The molecule has 0 aliphatic carbocycles. The van der Waals surface area contributed by atoms with E-state index in [2.05, 4.69) is 0 Å². The Balaban J connectivity index is 2.13. The topological polar surface area (TPSA) is 121 Å². The van der Waals surface area contributed by atoms with Gasteiger partial charge in [-0.3, -0.25) is 15.0 Å². The van der Waals surface area contributed by atoms with E-state index in [1.165, 1.54) is 24.5 Å². The second-order valence-corrected chi connectivity index (χ2v) is 4.04. The molecular formula is C13H12FN3O4. The number of rotatable bonds is 5. The molecule has 0 unspecified atom stereocenters. The average Bonchev–Trinajstić information content (AvgIpc) is 2.92. The van der Waals surface area contributed by atoms with Gasteiger partial charge in [-0.05, 0) is 18.2 Å². The van der Waals surface area contributed by atoms with Gasteiger partial charge >= 0.3 is 0 Å². The van der Waals surface area contributed by atoms with Crippen LogP contribution in [0.5, 0.6) is 5.75 Å². The molecule has 2 rings (SSSR count). The fraction of sp³-hybridized carbons (Fsp3) is 0.0769. The van der Waals surface area contributed by atoms with Gasteiger partial charge in [-0.15, -0.1) is 0 Å². The van der Waals surface area contributed by atoms with E-state index in [9.17, 15) is 14.0 Å². The lowest BCUT2D eigenvalue weighted by atomic mass is 10.2. The molecule has 21 heavy (non-hydrogen) atoms. The number of nitrogens with one attached hydrogen (secondary N) is 1. The monoisotopic (exact) mass is 293 g/mol. The molecule has 7 nitrogen and oxygen atoms in total. The first-order valence-electron chi connectivity index (χ1n) is 5.82. The second-order valence-electron chi connectivity index (χ2n) is 4.04. The summed E-state index contributed by atoms with van der Waals surface area (Å²) < 4.78 is 23.9. The summed E-state index contributed by atoms with van der Waals surface area (Å²) in [5, 5.41) is 0. The van der Waals surface area contributed by atoms with Gasteiger partial charge in [0, 0.05) is 0 Å². The number of benzene rings is 1. The second kappa shape index (κ2) is 6.06. The van der Waals surface area contributed by atoms with Gasteiger partial charge in [-0.25, -0.2) is 10.2 Å². The van der Waals surface area contributed by atoms with Crippen LogP contribution in [0.15, 0.2) is 34.9 Å². The standard InChI is InChI=1S/C13H12FN3O4/c14-9-2-1-3-10(11(9)12(15)18)21-6-8-4-7(5-20-8)13(19)17-16/h1-5H,6,16H2,(H2,15,18)(H,17,19). The van der Waals surface area contributed by atoms with Gasteiger partial charge in [0.05, 0.1) is 5.56 Å². The summed E-state index contributed by atoms with van der Waals surface area (Å²) in [6.07, 6.45) is 1.20. The number of hydrogen-bond acceptors (Lipinski definition) is 5. The molecule has 0 aliphatic rings. The average molecular weight is 293 g/mol. The maximum atomic E-state index is 13.5. The van der Waals surface area contributed by atoms with Crippen molar-refractivity contribution in [1.29, 1.82) is 0 Å². The van der Waals surface area contributed by atoms with Crippen molar-refractivity contribution in [1.82, 2.24) is 5.43 Å². The molecule has 8 heteroatoms. The molecule has 2 aromatic rings. The molecule has 0 aliphatic heterocycles. The highest BCUT2D eigenvalue weighted by Gasteiger charge is 2.16. The normalized spacial score (nSPS) is 10.2. The van der Waals surface area contributed by atoms with Crippen LogP contribution in [0.4, 0.5) is 4.39 Å². The number of nitrogens with two attached hydrogens (primary N) is 2. The molecule has 0 radical (unpaired) electrons. The maximum absolute atomic E-state index is 13.5. The van der Waals surface area contributed by atoms with Crippen LogP contribution in [-0.4, -0.2) is 11.8 Å². The van der Waals surface area contributed by atoms with E-state index < -0.39 is 17.6 Å². The van der Waals surface area contributed by atoms with Crippen LogP contribution in [-0.2, 0) is 6.61 Å². The van der Waals surface area contributed by atoms with Crippen molar-refractivity contribution in [2.45, 2.75) is 6.61 Å². The van der Waals surface area contributed by atoms with Crippen LogP contribution in [0.2, 0.25) is 0 Å². The van der Waals surface area contributed by atoms with Crippen molar-refractivity contribution in [3.8, 4) is 5.75 Å². The lowest BCUT2D eigenvalue weighted by Crippen LogP contribution is -2.29. The predicted molar refractivity (Wildman–Crippen MR) is 69.6 cm³/mol. The summed E-state index contributed by atoms with van der Waals surface area (Å²) in [4.78, 5) is 22.4. The van der Waals surface area contributed by atoms with Crippen molar-refractivity contribution in [3.05, 3.63) is 53.2 Å². The Labute approximate surface area is 118 Å². The molecule has 0 saturated carbocycles. The van der Waals surface area contributed by atoms with Gasteiger partial charge in [-0.1, -0.05) is 6.07 Å². The molecule has 5 N–H and O–H groups in total. The van der Waals surface area contributed by atoms with E-state index in [0.717, 1.165) is 6.07 Å². The van der Waals surface area contributed by atoms with Crippen LogP contribution in [0.25, 0.3) is 0 Å². The van der Waals surface area contributed by atoms with Crippen LogP contribution in [0, 0.1) is 5.82 Å². The van der Waals surface area contributed by atoms with Crippen LogP contribution in [0.3, 0.4) is 0 Å². The van der Waals surface area contributed by atoms with Crippen LogP contribution < -0.4 is 21.7 Å². The zero-order valence-electron chi connectivity index (χ0n) is 10.8. The third-order valence-electron chi connectivity index (χ3n) is 2.64. The van der Waals surface area contributed by atoms with Crippen molar-refractivity contribution in [2.24, 2.45) is 11.6 Å². The number of carbonyl (C=O) groups excluding carboxylic acids is 2. The van der Waals surface area contributed by atoms with Gasteiger partial charge in [0.1, 0.15) is 35.8 Å².